The molecule has 2 aromatic rings. The van der Waals surface area contributed by atoms with Gasteiger partial charge >= 0.3 is 0 Å². The fourth-order valence-corrected chi connectivity index (χ4v) is 3.86. The van der Waals surface area contributed by atoms with Gasteiger partial charge in [0.15, 0.2) is 11.4 Å². The number of rotatable bonds is 3. The number of fused-ring (bicyclic) bond motifs is 1. The molecule has 1 atom stereocenters. The molecule has 0 saturated carbocycles. The van der Waals surface area contributed by atoms with Crippen molar-refractivity contribution in [2.24, 2.45) is 5.41 Å². The van der Waals surface area contributed by atoms with Crippen LogP contribution in [-0.4, -0.2) is 32.5 Å². The van der Waals surface area contributed by atoms with E-state index in [0.29, 0.717) is 0 Å². The third-order valence-electron chi connectivity index (χ3n) is 2.79. The number of hydrogen-bond donors (Lipinski definition) is 0. The van der Waals surface area contributed by atoms with Crippen molar-refractivity contribution in [2.75, 3.05) is 12.5 Å². The highest BCUT2D eigenvalue weighted by Gasteiger charge is 2.37. The lowest BCUT2D eigenvalue weighted by atomic mass is 9.98. The molecule has 0 radical (unpaired) electrons. The van der Waals surface area contributed by atoms with Crippen molar-refractivity contribution in [3.63, 3.8) is 0 Å². The maximum atomic E-state index is 6.15. The van der Waals surface area contributed by atoms with Gasteiger partial charge in [0.25, 0.3) is 5.44 Å². The van der Waals surface area contributed by atoms with Crippen LogP contribution in [0.4, 0.5) is 0 Å². The number of ether oxygens (including phenoxy) is 1. The third-order valence-corrected chi connectivity index (χ3v) is 4.45. The molecular formula is C14H22N3OS+. The van der Waals surface area contributed by atoms with Gasteiger partial charge in [-0.05, 0) is 6.92 Å². The quantitative estimate of drug-likeness (QED) is 0.811. The Labute approximate surface area is 117 Å². The third kappa shape index (κ3) is 3.21. The van der Waals surface area contributed by atoms with E-state index in [4.69, 9.17) is 4.74 Å². The lowest BCUT2D eigenvalue weighted by Crippen LogP contribution is -2.38. The van der Waals surface area contributed by atoms with Crippen molar-refractivity contribution < 1.29 is 4.74 Å². The van der Waals surface area contributed by atoms with Crippen LogP contribution in [0.5, 0.6) is 5.75 Å². The Hall–Kier alpha value is -1.23. The molecule has 0 unspecified atom stereocenters. The molecule has 2 rings (SSSR count). The Morgan fingerprint density at radius 2 is 2.00 bits per heavy atom. The first-order valence-corrected chi connectivity index (χ1v) is 8.43. The standard InChI is InChI=1S/C14H22N3OS/c1-10-7-12-15-8-11(9-17(12)16-10)18-13(19(5)6)14(2,3)4/h7-9,13H,1-6H3/q+1/t13-/m0/s1. The fraction of sp³-hybridized carbons (Fsp3) is 0.571. The average Bonchev–Trinajstić information content (AvgIpc) is 2.63. The zero-order valence-electron chi connectivity index (χ0n) is 12.5. The highest BCUT2D eigenvalue weighted by atomic mass is 32.2. The van der Waals surface area contributed by atoms with Gasteiger partial charge in [0.05, 0.1) is 18.1 Å². The summed E-state index contributed by atoms with van der Waals surface area (Å²) in [6.45, 7) is 8.57. The summed E-state index contributed by atoms with van der Waals surface area (Å²) in [5, 5.41) is 4.36. The molecule has 0 N–H and O–H groups in total. The summed E-state index contributed by atoms with van der Waals surface area (Å²) in [6, 6.07) is 1.95. The molecule has 0 aromatic carbocycles. The summed E-state index contributed by atoms with van der Waals surface area (Å²) >= 11 is 0. The molecule has 0 saturated heterocycles. The molecule has 19 heavy (non-hydrogen) atoms. The van der Waals surface area contributed by atoms with E-state index in [2.05, 4.69) is 43.4 Å². The summed E-state index contributed by atoms with van der Waals surface area (Å²) in [5.74, 6) is 0.775. The predicted octanol–water partition coefficient (Wildman–Crippen LogP) is 2.67. The van der Waals surface area contributed by atoms with Crippen LogP contribution < -0.4 is 4.74 Å². The van der Waals surface area contributed by atoms with Gasteiger partial charge in [-0.3, -0.25) is 0 Å². The maximum absolute atomic E-state index is 6.15. The fourth-order valence-electron chi connectivity index (χ4n) is 2.14. The summed E-state index contributed by atoms with van der Waals surface area (Å²) in [6.07, 6.45) is 8.10. The van der Waals surface area contributed by atoms with E-state index in [9.17, 15) is 0 Å². The Kier molecular flexibility index (Phi) is 3.76. The van der Waals surface area contributed by atoms with Crippen LogP contribution in [0.2, 0.25) is 0 Å². The van der Waals surface area contributed by atoms with Gasteiger partial charge in [0.2, 0.25) is 0 Å². The second-order valence-corrected chi connectivity index (χ2v) is 8.26. The van der Waals surface area contributed by atoms with Crippen LogP contribution in [0.3, 0.4) is 0 Å². The van der Waals surface area contributed by atoms with Gasteiger partial charge in [0.1, 0.15) is 12.5 Å². The molecule has 2 aromatic heterocycles. The van der Waals surface area contributed by atoms with E-state index in [0.717, 1.165) is 17.1 Å². The zero-order valence-corrected chi connectivity index (χ0v) is 13.3. The smallest absolute Gasteiger partial charge is 0.261 e. The number of aromatic nitrogens is 3. The van der Waals surface area contributed by atoms with Gasteiger partial charge in [-0.1, -0.05) is 20.8 Å². The average molecular weight is 280 g/mol. The van der Waals surface area contributed by atoms with Crippen molar-refractivity contribution in [3.05, 3.63) is 24.2 Å². The molecule has 0 bridgehead atoms. The van der Waals surface area contributed by atoms with Gasteiger partial charge in [-0.2, -0.15) is 5.10 Å². The first kappa shape index (κ1) is 14.2. The molecule has 2 heterocycles. The summed E-state index contributed by atoms with van der Waals surface area (Å²) in [5.41, 5.74) is 2.08. The van der Waals surface area contributed by atoms with Crippen molar-refractivity contribution in [1.29, 1.82) is 0 Å². The second kappa shape index (κ2) is 5.04. The lowest BCUT2D eigenvalue weighted by molar-refractivity contribution is 0.161. The minimum absolute atomic E-state index is 0.0988. The van der Waals surface area contributed by atoms with Crippen LogP contribution in [0.25, 0.3) is 5.65 Å². The van der Waals surface area contributed by atoms with Crippen LogP contribution in [0, 0.1) is 12.3 Å². The van der Waals surface area contributed by atoms with E-state index in [1.54, 1.807) is 10.7 Å². The number of aryl methyl sites for hydroxylation is 1. The van der Waals surface area contributed by atoms with Crippen molar-refractivity contribution in [1.82, 2.24) is 14.6 Å². The summed E-state index contributed by atoms with van der Waals surface area (Å²) in [4.78, 5) is 4.37. The van der Waals surface area contributed by atoms with Crippen molar-refractivity contribution in [2.45, 2.75) is 33.1 Å². The van der Waals surface area contributed by atoms with E-state index >= 15 is 0 Å². The van der Waals surface area contributed by atoms with E-state index in [-0.39, 0.29) is 21.7 Å². The van der Waals surface area contributed by atoms with Gasteiger partial charge < -0.3 is 4.74 Å². The van der Waals surface area contributed by atoms with Crippen LogP contribution in [0.15, 0.2) is 18.5 Å². The second-order valence-electron chi connectivity index (χ2n) is 6.07. The monoisotopic (exact) mass is 280 g/mol. The minimum Gasteiger partial charge on any atom is -0.442 e. The van der Waals surface area contributed by atoms with E-state index < -0.39 is 0 Å². The largest absolute Gasteiger partial charge is 0.442 e. The highest BCUT2D eigenvalue weighted by molar-refractivity contribution is 7.96. The Balaban J connectivity index is 2.28. The number of nitrogens with zero attached hydrogens (tertiary/aromatic N) is 3. The molecule has 0 aliphatic rings. The van der Waals surface area contributed by atoms with Crippen molar-refractivity contribution in [3.8, 4) is 5.75 Å². The Morgan fingerprint density at radius 3 is 2.58 bits per heavy atom. The predicted molar refractivity (Wildman–Crippen MR) is 80.8 cm³/mol. The van der Waals surface area contributed by atoms with Crippen LogP contribution >= 0.6 is 0 Å². The zero-order chi connectivity index (χ0) is 14.2. The molecule has 5 heteroatoms. The number of hydrogen-bond acceptors (Lipinski definition) is 3. The first-order chi connectivity index (χ1) is 8.77. The topological polar surface area (TPSA) is 39.4 Å². The molecular weight excluding hydrogens is 258 g/mol. The molecule has 0 aliphatic heterocycles. The molecule has 0 spiro atoms. The van der Waals surface area contributed by atoms with E-state index in [1.807, 2.05) is 19.2 Å². The summed E-state index contributed by atoms with van der Waals surface area (Å²) in [7, 11) is 0.169. The Bertz CT molecular complexity index is 572. The maximum Gasteiger partial charge on any atom is 0.261 e. The molecule has 4 nitrogen and oxygen atoms in total. The van der Waals surface area contributed by atoms with Crippen LogP contribution in [0.1, 0.15) is 26.5 Å². The SMILES string of the molecule is Cc1cc2ncc(O[C@@H]([S+](C)C)C(C)(C)C)cn2n1. The van der Waals surface area contributed by atoms with Crippen LogP contribution in [-0.2, 0) is 10.9 Å². The molecule has 0 amide bonds. The molecule has 0 fully saturated rings. The molecule has 0 aliphatic carbocycles. The normalized spacial score (nSPS) is 14.1. The van der Waals surface area contributed by atoms with Gasteiger partial charge in [-0.15, -0.1) is 0 Å². The van der Waals surface area contributed by atoms with E-state index in [1.165, 1.54) is 0 Å². The Morgan fingerprint density at radius 1 is 1.32 bits per heavy atom. The van der Waals surface area contributed by atoms with Crippen molar-refractivity contribution >= 4 is 16.5 Å². The van der Waals surface area contributed by atoms with Gasteiger partial charge in [0, 0.05) is 22.4 Å². The minimum atomic E-state index is 0.0988. The first-order valence-electron chi connectivity index (χ1n) is 6.32. The highest BCUT2D eigenvalue weighted by Crippen LogP contribution is 2.28. The summed E-state index contributed by atoms with van der Waals surface area (Å²) < 4.78 is 7.92. The van der Waals surface area contributed by atoms with Gasteiger partial charge in [-0.25, -0.2) is 9.50 Å². The molecule has 104 valence electrons. The lowest BCUT2D eigenvalue weighted by Gasteiger charge is -2.27.